The molecule has 2 aromatic rings. The molecule has 0 radical (unpaired) electrons. The number of aryl methyl sites for hydroxylation is 2. The number of nitrogens with one attached hydrogen (secondary N) is 1. The Kier molecular flexibility index (Phi) is 5.33. The van der Waals surface area contributed by atoms with E-state index in [1.165, 1.54) is 52.8 Å². The van der Waals surface area contributed by atoms with E-state index >= 15 is 0 Å². The molecule has 2 amide bonds. The summed E-state index contributed by atoms with van der Waals surface area (Å²) in [5, 5.41) is 4.37. The highest BCUT2D eigenvalue weighted by molar-refractivity contribution is 7.19. The Morgan fingerprint density at radius 3 is 2.69 bits per heavy atom. The molecule has 0 spiro atoms. The standard InChI is InChI=1S/C22H31N5OS/c1-2-3-10-23-22(28)27-13-11-26(12-14-27)20-18-16-6-4-5-7-17(16)29-21(18)25-19(24-20)15-8-9-15/h15H,2-14H2,1H3,(H,23,28). The van der Waals surface area contributed by atoms with Crippen molar-refractivity contribution in [1.29, 1.82) is 0 Å². The molecule has 0 aromatic carbocycles. The van der Waals surface area contributed by atoms with Crippen molar-refractivity contribution in [2.24, 2.45) is 0 Å². The van der Waals surface area contributed by atoms with Gasteiger partial charge in [0.2, 0.25) is 0 Å². The number of urea groups is 1. The fourth-order valence-corrected chi connectivity index (χ4v) is 5.78. The van der Waals surface area contributed by atoms with Gasteiger partial charge in [-0.2, -0.15) is 0 Å². The quantitative estimate of drug-likeness (QED) is 0.751. The fourth-order valence-electron chi connectivity index (χ4n) is 4.51. The summed E-state index contributed by atoms with van der Waals surface area (Å²) in [5.41, 5.74) is 1.51. The van der Waals surface area contributed by atoms with E-state index in [1.807, 2.05) is 16.2 Å². The Morgan fingerprint density at radius 2 is 1.93 bits per heavy atom. The lowest BCUT2D eigenvalue weighted by Gasteiger charge is -2.36. The zero-order valence-corrected chi connectivity index (χ0v) is 18.2. The number of hydrogen-bond donors (Lipinski definition) is 1. The van der Waals surface area contributed by atoms with Gasteiger partial charge < -0.3 is 15.1 Å². The number of rotatable bonds is 5. The average Bonchev–Trinajstić information content (AvgIpc) is 3.54. The Morgan fingerprint density at radius 1 is 1.14 bits per heavy atom. The van der Waals surface area contributed by atoms with Gasteiger partial charge in [-0.1, -0.05) is 13.3 Å². The highest BCUT2D eigenvalue weighted by atomic mass is 32.1. The molecule has 6 nitrogen and oxygen atoms in total. The van der Waals surface area contributed by atoms with Crippen LogP contribution in [0.4, 0.5) is 10.6 Å². The van der Waals surface area contributed by atoms with Crippen LogP contribution < -0.4 is 10.2 Å². The zero-order chi connectivity index (χ0) is 19.8. The topological polar surface area (TPSA) is 61.4 Å². The number of carbonyl (C=O) groups excluding carboxylic acids is 1. The maximum absolute atomic E-state index is 12.4. The maximum Gasteiger partial charge on any atom is 0.317 e. The zero-order valence-electron chi connectivity index (χ0n) is 17.4. The number of amides is 2. The fraction of sp³-hybridized carbons (Fsp3) is 0.682. The van der Waals surface area contributed by atoms with Crippen LogP contribution in [-0.4, -0.2) is 53.6 Å². The minimum atomic E-state index is 0.0810. The van der Waals surface area contributed by atoms with Gasteiger partial charge in [0.15, 0.2) is 0 Å². The SMILES string of the molecule is CCCCNC(=O)N1CCN(c2nc(C3CC3)nc3sc4c(c23)CCCC4)CC1. The van der Waals surface area contributed by atoms with Gasteiger partial charge in [0.05, 0.1) is 5.39 Å². The van der Waals surface area contributed by atoms with Crippen molar-refractivity contribution in [3.63, 3.8) is 0 Å². The summed E-state index contributed by atoms with van der Waals surface area (Å²) in [6.45, 7) is 6.13. The first-order valence-corrected chi connectivity index (χ1v) is 12.2. The summed E-state index contributed by atoms with van der Waals surface area (Å²) in [6, 6.07) is 0.0810. The van der Waals surface area contributed by atoms with E-state index in [2.05, 4.69) is 17.1 Å². The third kappa shape index (κ3) is 3.81. The van der Waals surface area contributed by atoms with Crippen LogP contribution in [0.5, 0.6) is 0 Å². The van der Waals surface area contributed by atoms with Crippen molar-refractivity contribution in [2.75, 3.05) is 37.6 Å². The molecular formula is C22H31N5OS. The molecule has 1 aliphatic heterocycles. The Bertz CT molecular complexity index is 898. The minimum Gasteiger partial charge on any atom is -0.352 e. The van der Waals surface area contributed by atoms with Crippen LogP contribution in [0.25, 0.3) is 10.2 Å². The summed E-state index contributed by atoms with van der Waals surface area (Å²) >= 11 is 1.90. The second-order valence-electron chi connectivity index (χ2n) is 8.63. The first kappa shape index (κ1) is 19.1. The molecule has 2 aromatic heterocycles. The maximum atomic E-state index is 12.4. The van der Waals surface area contributed by atoms with Crippen molar-refractivity contribution in [2.45, 2.75) is 64.2 Å². The van der Waals surface area contributed by atoms with Crippen LogP contribution in [0.1, 0.15) is 67.6 Å². The summed E-state index contributed by atoms with van der Waals surface area (Å²) < 4.78 is 0. The van der Waals surface area contributed by atoms with Crippen LogP contribution in [-0.2, 0) is 12.8 Å². The van der Waals surface area contributed by atoms with Gasteiger partial charge in [-0.25, -0.2) is 14.8 Å². The minimum absolute atomic E-state index is 0.0810. The highest BCUT2D eigenvalue weighted by Gasteiger charge is 2.31. The van der Waals surface area contributed by atoms with Crippen LogP contribution in [0.15, 0.2) is 0 Å². The van der Waals surface area contributed by atoms with Gasteiger partial charge in [-0.05, 0) is 50.5 Å². The molecule has 0 bridgehead atoms. The molecule has 3 heterocycles. The Labute approximate surface area is 176 Å². The summed E-state index contributed by atoms with van der Waals surface area (Å²) in [6.07, 6.45) is 9.51. The van der Waals surface area contributed by atoms with Gasteiger partial charge in [0, 0.05) is 43.5 Å². The van der Waals surface area contributed by atoms with Gasteiger partial charge in [-0.3, -0.25) is 0 Å². The van der Waals surface area contributed by atoms with Gasteiger partial charge in [-0.15, -0.1) is 11.3 Å². The number of aromatic nitrogens is 2. The number of carbonyl (C=O) groups is 1. The smallest absolute Gasteiger partial charge is 0.317 e. The van der Waals surface area contributed by atoms with Crippen LogP contribution in [0, 0.1) is 0 Å². The number of thiophene rings is 1. The predicted octanol–water partition coefficient (Wildman–Crippen LogP) is 4.08. The number of anilines is 1. The van der Waals surface area contributed by atoms with Crippen molar-refractivity contribution in [3.05, 3.63) is 16.3 Å². The number of nitrogens with zero attached hydrogens (tertiary/aromatic N) is 4. The monoisotopic (exact) mass is 413 g/mol. The van der Waals surface area contributed by atoms with Gasteiger partial charge in [0.1, 0.15) is 16.5 Å². The second-order valence-corrected chi connectivity index (χ2v) is 9.71. The number of piperazine rings is 1. The van der Waals surface area contributed by atoms with Crippen LogP contribution in [0.3, 0.4) is 0 Å². The van der Waals surface area contributed by atoms with Gasteiger partial charge >= 0.3 is 6.03 Å². The molecule has 1 N–H and O–H groups in total. The molecule has 29 heavy (non-hydrogen) atoms. The molecule has 1 saturated carbocycles. The lowest BCUT2D eigenvalue weighted by Crippen LogP contribution is -2.52. The lowest BCUT2D eigenvalue weighted by atomic mass is 9.97. The normalized spacial score (nSPS) is 19.5. The molecule has 0 atom stereocenters. The molecule has 1 saturated heterocycles. The van der Waals surface area contributed by atoms with Crippen LogP contribution >= 0.6 is 11.3 Å². The number of unbranched alkanes of at least 4 members (excludes halogenated alkanes) is 1. The molecule has 2 aliphatic carbocycles. The van der Waals surface area contributed by atoms with E-state index in [9.17, 15) is 4.79 Å². The molecule has 0 unspecified atom stereocenters. The van der Waals surface area contributed by atoms with Crippen molar-refractivity contribution < 1.29 is 4.79 Å². The van der Waals surface area contributed by atoms with E-state index in [0.29, 0.717) is 5.92 Å². The van der Waals surface area contributed by atoms with E-state index in [-0.39, 0.29) is 6.03 Å². The first-order valence-electron chi connectivity index (χ1n) is 11.3. The molecule has 156 valence electrons. The van der Waals surface area contributed by atoms with E-state index < -0.39 is 0 Å². The van der Waals surface area contributed by atoms with Gasteiger partial charge in [0.25, 0.3) is 0 Å². The number of fused-ring (bicyclic) bond motifs is 3. The molecule has 5 rings (SSSR count). The highest BCUT2D eigenvalue weighted by Crippen LogP contribution is 2.44. The summed E-state index contributed by atoms with van der Waals surface area (Å²) in [7, 11) is 0. The molecule has 2 fully saturated rings. The average molecular weight is 414 g/mol. The van der Waals surface area contributed by atoms with E-state index in [4.69, 9.17) is 9.97 Å². The largest absolute Gasteiger partial charge is 0.352 e. The van der Waals surface area contributed by atoms with E-state index in [1.54, 1.807) is 0 Å². The third-order valence-corrected chi connectivity index (χ3v) is 7.61. The summed E-state index contributed by atoms with van der Waals surface area (Å²) in [5.74, 6) is 2.75. The van der Waals surface area contributed by atoms with Crippen LogP contribution in [0.2, 0.25) is 0 Å². The number of hydrogen-bond acceptors (Lipinski definition) is 5. The second kappa shape index (κ2) is 8.09. The molecule has 7 heteroatoms. The molecular weight excluding hydrogens is 382 g/mol. The van der Waals surface area contributed by atoms with Crippen molar-refractivity contribution in [3.8, 4) is 0 Å². The lowest BCUT2D eigenvalue weighted by molar-refractivity contribution is 0.194. The molecule has 3 aliphatic rings. The Balaban J connectivity index is 1.38. The Hall–Kier alpha value is -1.89. The van der Waals surface area contributed by atoms with E-state index in [0.717, 1.165) is 63.6 Å². The first-order chi connectivity index (χ1) is 14.2. The summed E-state index contributed by atoms with van der Waals surface area (Å²) in [4.78, 5) is 29.6. The van der Waals surface area contributed by atoms with Crippen molar-refractivity contribution >= 4 is 33.4 Å². The third-order valence-electron chi connectivity index (χ3n) is 6.43. The predicted molar refractivity (Wildman–Crippen MR) is 118 cm³/mol. The van der Waals surface area contributed by atoms with Crippen molar-refractivity contribution in [1.82, 2.24) is 20.2 Å².